The van der Waals surface area contributed by atoms with Crippen LogP contribution in [-0.4, -0.2) is 41.6 Å². The summed E-state index contributed by atoms with van der Waals surface area (Å²) in [6, 6.07) is 14.1. The second kappa shape index (κ2) is 6.98. The molecule has 2 aromatic rings. The number of benzene rings is 2. The summed E-state index contributed by atoms with van der Waals surface area (Å²) >= 11 is 0. The van der Waals surface area contributed by atoms with E-state index in [4.69, 9.17) is 4.74 Å². The highest BCUT2D eigenvalue weighted by molar-refractivity contribution is 6.01. The number of hydrogen-bond donors (Lipinski definition) is 1. The molecule has 0 fully saturated rings. The Morgan fingerprint density at radius 2 is 1.88 bits per heavy atom. The Hall–Kier alpha value is -2.17. The highest BCUT2D eigenvalue weighted by atomic mass is 16.5. The number of rotatable bonds is 5. The number of carbonyl (C=O) groups excluding carboxylic acids is 1. The van der Waals surface area contributed by atoms with Gasteiger partial charge in [0.2, 0.25) is 0 Å². The Morgan fingerprint density at radius 1 is 1.04 bits per heavy atom. The molecule has 0 spiro atoms. The molecule has 2 aliphatic rings. The molecule has 25 heavy (non-hydrogen) atoms. The molecule has 0 aromatic heterocycles. The van der Waals surface area contributed by atoms with E-state index < -0.39 is 6.10 Å². The van der Waals surface area contributed by atoms with Crippen molar-refractivity contribution in [1.29, 1.82) is 0 Å². The number of aliphatic hydroxyl groups is 1. The Labute approximate surface area is 148 Å². The fourth-order valence-corrected chi connectivity index (χ4v) is 3.84. The number of nitrogens with zero attached hydrogens (tertiary/aromatic N) is 1. The number of aliphatic hydroxyl groups excluding tert-OH is 1. The first-order valence-electron chi connectivity index (χ1n) is 8.96. The van der Waals surface area contributed by atoms with E-state index in [-0.39, 0.29) is 12.4 Å². The van der Waals surface area contributed by atoms with E-state index in [1.165, 1.54) is 11.1 Å². The van der Waals surface area contributed by atoms with Crippen LogP contribution in [0.25, 0.3) is 0 Å². The molecule has 1 unspecified atom stereocenters. The van der Waals surface area contributed by atoms with E-state index in [1.54, 1.807) is 0 Å². The fraction of sp³-hybridized carbons (Fsp3) is 0.381. The van der Waals surface area contributed by atoms with Gasteiger partial charge in [0.1, 0.15) is 18.5 Å². The van der Waals surface area contributed by atoms with Crippen molar-refractivity contribution in [3.8, 4) is 5.75 Å². The van der Waals surface area contributed by atoms with Crippen molar-refractivity contribution >= 4 is 5.78 Å². The van der Waals surface area contributed by atoms with Crippen LogP contribution in [0.3, 0.4) is 0 Å². The maximum atomic E-state index is 11.8. The number of fused-ring (bicyclic) bond motifs is 2. The van der Waals surface area contributed by atoms with Gasteiger partial charge in [-0.25, -0.2) is 0 Å². The summed E-state index contributed by atoms with van der Waals surface area (Å²) < 4.78 is 5.84. The van der Waals surface area contributed by atoms with Gasteiger partial charge in [0.05, 0.1) is 0 Å². The molecule has 130 valence electrons. The van der Waals surface area contributed by atoms with Crippen molar-refractivity contribution < 1.29 is 14.6 Å². The average molecular weight is 337 g/mol. The van der Waals surface area contributed by atoms with Gasteiger partial charge in [-0.2, -0.15) is 0 Å². The van der Waals surface area contributed by atoms with Crippen LogP contribution in [0.1, 0.15) is 33.5 Å². The van der Waals surface area contributed by atoms with Crippen LogP contribution in [0.4, 0.5) is 0 Å². The predicted molar refractivity (Wildman–Crippen MR) is 96.0 cm³/mol. The number of Topliss-reactive ketones (excluding diaryl/α,β-unsaturated/α-hetero) is 1. The highest BCUT2D eigenvalue weighted by Gasteiger charge is 2.23. The molecule has 1 atom stereocenters. The fourth-order valence-electron chi connectivity index (χ4n) is 3.84. The quantitative estimate of drug-likeness (QED) is 0.911. The van der Waals surface area contributed by atoms with Gasteiger partial charge in [-0.3, -0.25) is 9.69 Å². The number of hydrogen-bond acceptors (Lipinski definition) is 4. The minimum Gasteiger partial charge on any atom is -0.491 e. The van der Waals surface area contributed by atoms with E-state index in [9.17, 15) is 9.90 Å². The van der Waals surface area contributed by atoms with E-state index in [1.807, 2.05) is 18.2 Å². The van der Waals surface area contributed by atoms with Crippen LogP contribution < -0.4 is 4.74 Å². The maximum Gasteiger partial charge on any atom is 0.163 e. The molecule has 4 nitrogen and oxygen atoms in total. The second-order valence-corrected chi connectivity index (χ2v) is 6.92. The Balaban J connectivity index is 1.33. The van der Waals surface area contributed by atoms with Crippen LogP contribution in [-0.2, 0) is 19.4 Å². The molecule has 0 saturated carbocycles. The van der Waals surface area contributed by atoms with Gasteiger partial charge in [-0.15, -0.1) is 0 Å². The lowest BCUT2D eigenvalue weighted by molar-refractivity contribution is 0.0635. The zero-order valence-corrected chi connectivity index (χ0v) is 14.3. The van der Waals surface area contributed by atoms with Gasteiger partial charge < -0.3 is 9.84 Å². The molecule has 4 rings (SSSR count). The summed E-state index contributed by atoms with van der Waals surface area (Å²) in [5, 5.41) is 10.4. The van der Waals surface area contributed by atoms with E-state index in [0.717, 1.165) is 42.8 Å². The lowest BCUT2D eigenvalue weighted by Gasteiger charge is -2.30. The first-order valence-corrected chi connectivity index (χ1v) is 8.96. The lowest BCUT2D eigenvalue weighted by atomic mass is 10.00. The third kappa shape index (κ3) is 3.46. The molecule has 2 aromatic carbocycles. The first kappa shape index (κ1) is 16.3. The van der Waals surface area contributed by atoms with Crippen molar-refractivity contribution in [2.45, 2.75) is 31.9 Å². The van der Waals surface area contributed by atoms with Gasteiger partial charge >= 0.3 is 0 Å². The SMILES string of the molecule is O=C1CCc2c(OCC(O)CN3CCc4ccccc4C3)cccc21. The van der Waals surface area contributed by atoms with Gasteiger partial charge in [-0.1, -0.05) is 36.4 Å². The summed E-state index contributed by atoms with van der Waals surface area (Å²) in [4.78, 5) is 14.1. The number of carbonyl (C=O) groups is 1. The van der Waals surface area contributed by atoms with Gasteiger partial charge in [0.15, 0.2) is 5.78 Å². The van der Waals surface area contributed by atoms with Crippen LogP contribution in [0.5, 0.6) is 5.75 Å². The van der Waals surface area contributed by atoms with E-state index >= 15 is 0 Å². The van der Waals surface area contributed by atoms with Crippen LogP contribution in [0.2, 0.25) is 0 Å². The molecule has 0 amide bonds. The standard InChI is InChI=1S/C21H23NO3/c23-17(13-22-11-10-15-4-1-2-5-16(15)12-22)14-25-21-7-3-6-18-19(21)8-9-20(18)24/h1-7,17,23H,8-14H2. The highest BCUT2D eigenvalue weighted by Crippen LogP contribution is 2.30. The molecular weight excluding hydrogens is 314 g/mol. The first-order chi connectivity index (χ1) is 12.2. The zero-order chi connectivity index (χ0) is 17.2. The topological polar surface area (TPSA) is 49.8 Å². The van der Waals surface area contributed by atoms with E-state index in [0.29, 0.717) is 13.0 Å². The Kier molecular flexibility index (Phi) is 4.55. The predicted octanol–water partition coefficient (Wildman–Crippen LogP) is 2.61. The van der Waals surface area contributed by atoms with Crippen molar-refractivity contribution in [1.82, 2.24) is 4.90 Å². The van der Waals surface area contributed by atoms with Crippen molar-refractivity contribution in [3.63, 3.8) is 0 Å². The number of ether oxygens (including phenoxy) is 1. The Morgan fingerprint density at radius 3 is 2.76 bits per heavy atom. The molecule has 1 aliphatic carbocycles. The number of β-amino-alcohol motifs (C(OH)–C–C–N with tert-alkyl or cyclic N) is 1. The summed E-state index contributed by atoms with van der Waals surface area (Å²) in [6.07, 6.45) is 1.78. The smallest absolute Gasteiger partial charge is 0.163 e. The summed E-state index contributed by atoms with van der Waals surface area (Å²) in [5.74, 6) is 0.930. The van der Waals surface area contributed by atoms with Gasteiger partial charge in [0, 0.05) is 37.2 Å². The van der Waals surface area contributed by atoms with Crippen LogP contribution in [0.15, 0.2) is 42.5 Å². The molecular formula is C21H23NO3. The molecule has 0 radical (unpaired) electrons. The monoisotopic (exact) mass is 337 g/mol. The maximum absolute atomic E-state index is 11.8. The molecule has 0 bridgehead atoms. The largest absolute Gasteiger partial charge is 0.491 e. The summed E-state index contributed by atoms with van der Waals surface area (Å²) in [5.41, 5.74) is 4.53. The molecule has 1 heterocycles. The molecule has 0 saturated heterocycles. The third-order valence-electron chi connectivity index (χ3n) is 5.15. The second-order valence-electron chi connectivity index (χ2n) is 6.92. The van der Waals surface area contributed by atoms with Crippen molar-refractivity contribution in [2.24, 2.45) is 0 Å². The van der Waals surface area contributed by atoms with Gasteiger partial charge in [0.25, 0.3) is 0 Å². The minimum absolute atomic E-state index is 0.188. The Bertz CT molecular complexity index is 786. The molecule has 1 aliphatic heterocycles. The average Bonchev–Trinajstić information content (AvgIpc) is 3.02. The normalized spacial score (nSPS) is 17.9. The van der Waals surface area contributed by atoms with Crippen molar-refractivity contribution in [2.75, 3.05) is 19.7 Å². The van der Waals surface area contributed by atoms with E-state index in [2.05, 4.69) is 29.2 Å². The lowest BCUT2D eigenvalue weighted by Crippen LogP contribution is -2.38. The molecule has 1 N–H and O–H groups in total. The van der Waals surface area contributed by atoms with Crippen molar-refractivity contribution in [3.05, 3.63) is 64.7 Å². The zero-order valence-electron chi connectivity index (χ0n) is 14.3. The minimum atomic E-state index is -0.543. The summed E-state index contributed by atoms with van der Waals surface area (Å²) in [7, 11) is 0. The van der Waals surface area contributed by atoms with Gasteiger partial charge in [-0.05, 0) is 30.0 Å². The van der Waals surface area contributed by atoms with Crippen LogP contribution in [0, 0.1) is 0 Å². The third-order valence-corrected chi connectivity index (χ3v) is 5.15. The van der Waals surface area contributed by atoms with Crippen LogP contribution >= 0.6 is 0 Å². The summed E-state index contributed by atoms with van der Waals surface area (Å²) in [6.45, 7) is 2.69. The molecule has 4 heteroatoms. The number of ketones is 1.